The molecule has 1 aliphatic rings. The van der Waals surface area contributed by atoms with E-state index in [4.69, 9.17) is 27.9 Å². The lowest BCUT2D eigenvalue weighted by Gasteiger charge is -2.35. The second-order valence-electron chi connectivity index (χ2n) is 12.3. The molecule has 0 aromatic heterocycles. The number of rotatable bonds is 13. The largest absolute Gasteiger partial charge is 0.497 e. The summed E-state index contributed by atoms with van der Waals surface area (Å²) in [6.45, 7) is 1.24. The topological polar surface area (TPSA) is 96.0 Å². The maximum absolute atomic E-state index is 14.8. The monoisotopic (exact) mass is 721 g/mol. The van der Waals surface area contributed by atoms with Crippen molar-refractivity contribution in [1.29, 1.82) is 0 Å². The number of nitrogens with zero attached hydrogens (tertiary/aromatic N) is 2. The molecule has 2 amide bonds. The molecule has 11 heteroatoms. The van der Waals surface area contributed by atoms with Crippen LogP contribution in [0.1, 0.15) is 48.8 Å². The van der Waals surface area contributed by atoms with Crippen molar-refractivity contribution in [1.82, 2.24) is 10.2 Å². The van der Waals surface area contributed by atoms with E-state index in [1.165, 1.54) is 23.1 Å². The van der Waals surface area contributed by atoms with Gasteiger partial charge in [-0.1, -0.05) is 109 Å². The molecule has 0 bridgehead atoms. The molecule has 0 aliphatic heterocycles. The Morgan fingerprint density at radius 3 is 2.24 bits per heavy atom. The van der Waals surface area contributed by atoms with E-state index in [0.717, 1.165) is 47.5 Å². The maximum atomic E-state index is 14.8. The maximum Gasteiger partial charge on any atom is 0.264 e. The van der Waals surface area contributed by atoms with E-state index in [-0.39, 0.29) is 45.5 Å². The molecule has 4 aromatic carbocycles. The average Bonchev–Trinajstić information content (AvgIpc) is 3.11. The number of hydrogen-bond acceptors (Lipinski definition) is 5. The molecular formula is C38H41Cl2N3O5S. The number of anilines is 1. The first kappa shape index (κ1) is 36.2. The first-order chi connectivity index (χ1) is 23.6. The number of hydrogen-bond donors (Lipinski definition) is 1. The van der Waals surface area contributed by atoms with Gasteiger partial charge in [-0.2, -0.15) is 0 Å². The van der Waals surface area contributed by atoms with Crippen molar-refractivity contribution in [3.8, 4) is 5.75 Å². The fourth-order valence-corrected chi connectivity index (χ4v) is 7.98. The minimum absolute atomic E-state index is 0.00280. The van der Waals surface area contributed by atoms with Gasteiger partial charge in [-0.05, 0) is 67.3 Å². The number of methoxy groups -OCH3 is 1. The minimum atomic E-state index is -4.33. The number of sulfonamides is 1. The molecule has 1 atom stereocenters. The summed E-state index contributed by atoms with van der Waals surface area (Å²) in [5.74, 6) is -0.291. The van der Waals surface area contributed by atoms with Crippen molar-refractivity contribution in [2.45, 2.75) is 69.0 Å². The molecular weight excluding hydrogens is 681 g/mol. The smallest absolute Gasteiger partial charge is 0.264 e. The van der Waals surface area contributed by atoms with Crippen molar-refractivity contribution >= 4 is 50.7 Å². The van der Waals surface area contributed by atoms with Crippen LogP contribution in [0.2, 0.25) is 10.0 Å². The molecule has 1 aliphatic carbocycles. The van der Waals surface area contributed by atoms with Crippen LogP contribution in [0.3, 0.4) is 0 Å². The Hall–Kier alpha value is -4.05. The Morgan fingerprint density at radius 2 is 1.55 bits per heavy atom. The number of benzene rings is 4. The highest BCUT2D eigenvalue weighted by atomic mass is 35.5. The summed E-state index contributed by atoms with van der Waals surface area (Å²) in [5, 5.41) is 3.34. The third-order valence-electron chi connectivity index (χ3n) is 8.80. The predicted octanol–water partition coefficient (Wildman–Crippen LogP) is 7.59. The van der Waals surface area contributed by atoms with Gasteiger partial charge in [-0.25, -0.2) is 8.42 Å². The van der Waals surface area contributed by atoms with Gasteiger partial charge in [0.15, 0.2) is 0 Å². The number of nitrogens with one attached hydrogen (secondary N) is 1. The number of carbonyl (C=O) groups excluding carboxylic acids is 2. The fourth-order valence-electron chi connectivity index (χ4n) is 6.10. The lowest BCUT2D eigenvalue weighted by molar-refractivity contribution is -0.140. The Balaban J connectivity index is 1.59. The molecule has 49 heavy (non-hydrogen) atoms. The van der Waals surface area contributed by atoms with Crippen LogP contribution in [0.5, 0.6) is 5.75 Å². The molecule has 1 saturated carbocycles. The van der Waals surface area contributed by atoms with Gasteiger partial charge >= 0.3 is 0 Å². The third-order valence-corrected chi connectivity index (χ3v) is 11.4. The zero-order valence-electron chi connectivity index (χ0n) is 27.6. The summed E-state index contributed by atoms with van der Waals surface area (Å²) >= 11 is 13.0. The highest BCUT2D eigenvalue weighted by Crippen LogP contribution is 2.36. The van der Waals surface area contributed by atoms with Crippen LogP contribution in [0.25, 0.3) is 0 Å². The van der Waals surface area contributed by atoms with Gasteiger partial charge < -0.3 is 15.0 Å². The molecule has 8 nitrogen and oxygen atoms in total. The summed E-state index contributed by atoms with van der Waals surface area (Å²) in [5.41, 5.74) is 2.50. The molecule has 0 unspecified atom stereocenters. The second kappa shape index (κ2) is 16.6. The van der Waals surface area contributed by atoms with Crippen LogP contribution < -0.4 is 14.4 Å². The van der Waals surface area contributed by atoms with Crippen molar-refractivity contribution in [2.75, 3.05) is 18.0 Å². The fraction of sp³-hybridized carbons (Fsp3) is 0.316. The zero-order valence-corrected chi connectivity index (χ0v) is 30.0. The van der Waals surface area contributed by atoms with E-state index >= 15 is 0 Å². The molecule has 1 fully saturated rings. The third kappa shape index (κ3) is 9.15. The van der Waals surface area contributed by atoms with Gasteiger partial charge in [0.25, 0.3) is 10.0 Å². The first-order valence-electron chi connectivity index (χ1n) is 16.4. The number of ether oxygens (including phenoxy) is 1. The normalized spacial score (nSPS) is 14.1. The Labute approximate surface area is 299 Å². The standard InChI is InChI=1S/C38H41Cl2N3O5S/c1-27-19-21-32(22-20-27)49(46,47)43(34-18-10-17-33(39)37(34)40)26-36(44)42(25-29-13-9-16-31(23-29)48-2)35(24-28-11-5-3-6-12-28)38(45)41-30-14-7-4-8-15-30/h3,5-6,9-13,16-23,30,35H,4,7-8,14-15,24-26H2,1-2H3,(H,41,45)/t35-/m0/s1. The predicted molar refractivity (Wildman–Crippen MR) is 195 cm³/mol. The summed E-state index contributed by atoms with van der Waals surface area (Å²) in [4.78, 5) is 30.5. The van der Waals surface area contributed by atoms with Crippen LogP contribution in [-0.4, -0.2) is 50.9 Å². The highest BCUT2D eigenvalue weighted by molar-refractivity contribution is 7.92. The van der Waals surface area contributed by atoms with Gasteiger partial charge in [0.1, 0.15) is 18.3 Å². The lowest BCUT2D eigenvalue weighted by atomic mass is 9.94. The van der Waals surface area contributed by atoms with Crippen LogP contribution in [-0.2, 0) is 32.6 Å². The molecule has 1 N–H and O–H groups in total. The summed E-state index contributed by atoms with van der Waals surface area (Å²) in [7, 11) is -2.77. The zero-order chi connectivity index (χ0) is 35.0. The lowest BCUT2D eigenvalue weighted by Crippen LogP contribution is -2.55. The van der Waals surface area contributed by atoms with Crippen molar-refractivity contribution in [3.63, 3.8) is 0 Å². The Kier molecular flexibility index (Phi) is 12.3. The van der Waals surface area contributed by atoms with E-state index in [1.54, 1.807) is 43.5 Å². The van der Waals surface area contributed by atoms with Crippen LogP contribution in [0.4, 0.5) is 5.69 Å². The van der Waals surface area contributed by atoms with Crippen LogP contribution >= 0.6 is 23.2 Å². The first-order valence-corrected chi connectivity index (χ1v) is 18.6. The Bertz CT molecular complexity index is 1850. The summed E-state index contributed by atoms with van der Waals surface area (Å²) < 4.78 is 35.1. The van der Waals surface area contributed by atoms with Gasteiger partial charge in [0.2, 0.25) is 11.8 Å². The van der Waals surface area contributed by atoms with Crippen molar-refractivity contribution < 1.29 is 22.7 Å². The quantitative estimate of drug-likeness (QED) is 0.154. The van der Waals surface area contributed by atoms with Gasteiger partial charge in [-0.3, -0.25) is 13.9 Å². The molecule has 4 aromatic rings. The van der Waals surface area contributed by atoms with Gasteiger partial charge in [0, 0.05) is 19.0 Å². The van der Waals surface area contributed by atoms with Gasteiger partial charge in [0.05, 0.1) is 27.7 Å². The van der Waals surface area contributed by atoms with Crippen molar-refractivity contribution in [2.24, 2.45) is 0 Å². The molecule has 0 saturated heterocycles. The summed E-state index contributed by atoms with van der Waals surface area (Å²) in [6.07, 6.45) is 5.11. The van der Waals surface area contributed by atoms with Gasteiger partial charge in [-0.15, -0.1) is 0 Å². The van der Waals surface area contributed by atoms with Crippen LogP contribution in [0.15, 0.2) is 102 Å². The van der Waals surface area contributed by atoms with E-state index < -0.39 is 28.5 Å². The molecule has 5 rings (SSSR count). The molecule has 0 spiro atoms. The van der Waals surface area contributed by atoms with E-state index in [1.807, 2.05) is 49.4 Å². The Morgan fingerprint density at radius 1 is 0.878 bits per heavy atom. The van der Waals surface area contributed by atoms with Crippen molar-refractivity contribution in [3.05, 3.63) is 124 Å². The van der Waals surface area contributed by atoms with Crippen LogP contribution in [0, 0.1) is 6.92 Å². The summed E-state index contributed by atoms with van der Waals surface area (Å²) in [6, 6.07) is 26.8. The van der Waals surface area contributed by atoms with E-state index in [2.05, 4.69) is 5.32 Å². The average molecular weight is 723 g/mol. The number of amides is 2. The number of carbonyl (C=O) groups is 2. The van der Waals surface area contributed by atoms with E-state index in [9.17, 15) is 18.0 Å². The highest BCUT2D eigenvalue weighted by Gasteiger charge is 2.36. The molecule has 0 heterocycles. The minimum Gasteiger partial charge on any atom is -0.497 e. The molecule has 258 valence electrons. The number of aryl methyl sites for hydroxylation is 1. The van der Waals surface area contributed by atoms with E-state index in [0.29, 0.717) is 11.3 Å². The second-order valence-corrected chi connectivity index (χ2v) is 15.0. The SMILES string of the molecule is COc1cccc(CN(C(=O)CN(c2cccc(Cl)c2Cl)S(=O)(=O)c2ccc(C)cc2)[C@@H](Cc2ccccc2)C(=O)NC2CCCCC2)c1. The number of halogens is 2. The molecule has 0 radical (unpaired) electrons.